The van der Waals surface area contributed by atoms with E-state index in [0.717, 1.165) is 0 Å². The molecule has 0 spiro atoms. The largest absolute Gasteiger partial charge is 0.481 e. The maximum atomic E-state index is 12.7. The highest BCUT2D eigenvalue weighted by atomic mass is 19.1. The summed E-state index contributed by atoms with van der Waals surface area (Å²) in [6.07, 6.45) is 1.69. The number of hydrogen-bond donors (Lipinski definition) is 3. The molecular weight excluding hydrogens is 251 g/mol. The SMILES string of the molecule is O=C(Nc1ccc(F)cc1)N[C@H]1CC[C@@H](C(=O)O)C1. The maximum Gasteiger partial charge on any atom is 0.319 e. The van der Waals surface area contributed by atoms with Crippen molar-refractivity contribution in [1.82, 2.24) is 5.32 Å². The van der Waals surface area contributed by atoms with E-state index in [9.17, 15) is 14.0 Å². The monoisotopic (exact) mass is 266 g/mol. The predicted molar refractivity (Wildman–Crippen MR) is 67.3 cm³/mol. The van der Waals surface area contributed by atoms with E-state index in [2.05, 4.69) is 10.6 Å². The molecule has 1 aromatic carbocycles. The van der Waals surface area contributed by atoms with Gasteiger partial charge in [-0.15, -0.1) is 0 Å². The van der Waals surface area contributed by atoms with Gasteiger partial charge in [-0.25, -0.2) is 9.18 Å². The molecule has 1 fully saturated rings. The van der Waals surface area contributed by atoms with Gasteiger partial charge in [0.15, 0.2) is 0 Å². The average molecular weight is 266 g/mol. The van der Waals surface area contributed by atoms with Crippen LogP contribution < -0.4 is 10.6 Å². The first kappa shape index (κ1) is 13.3. The Morgan fingerprint density at radius 3 is 2.47 bits per heavy atom. The van der Waals surface area contributed by atoms with Crippen molar-refractivity contribution >= 4 is 17.7 Å². The van der Waals surface area contributed by atoms with Gasteiger partial charge in [-0.1, -0.05) is 0 Å². The van der Waals surface area contributed by atoms with Crippen molar-refractivity contribution in [2.75, 3.05) is 5.32 Å². The van der Waals surface area contributed by atoms with E-state index < -0.39 is 12.0 Å². The molecule has 1 aliphatic carbocycles. The number of anilines is 1. The van der Waals surface area contributed by atoms with Crippen LogP contribution in [0.5, 0.6) is 0 Å². The molecule has 2 atom stereocenters. The molecule has 0 unspecified atom stereocenters. The van der Waals surface area contributed by atoms with Crippen LogP contribution in [-0.4, -0.2) is 23.1 Å². The summed E-state index contributed by atoms with van der Waals surface area (Å²) < 4.78 is 12.7. The number of rotatable bonds is 3. The molecule has 0 radical (unpaired) electrons. The minimum absolute atomic E-state index is 0.124. The average Bonchev–Trinajstić information content (AvgIpc) is 2.80. The second kappa shape index (κ2) is 5.69. The minimum Gasteiger partial charge on any atom is -0.481 e. The van der Waals surface area contributed by atoms with Crippen LogP contribution in [0.25, 0.3) is 0 Å². The molecule has 0 aliphatic heterocycles. The lowest BCUT2D eigenvalue weighted by molar-refractivity contribution is -0.141. The Hall–Kier alpha value is -2.11. The Labute approximate surface area is 109 Å². The fraction of sp³-hybridized carbons (Fsp3) is 0.385. The normalized spacial score (nSPS) is 21.9. The van der Waals surface area contributed by atoms with Crippen molar-refractivity contribution < 1.29 is 19.1 Å². The third-order valence-electron chi connectivity index (χ3n) is 3.22. The summed E-state index contributed by atoms with van der Waals surface area (Å²) in [5.74, 6) is -1.56. The summed E-state index contributed by atoms with van der Waals surface area (Å²) in [4.78, 5) is 22.5. The van der Waals surface area contributed by atoms with E-state index >= 15 is 0 Å². The van der Waals surface area contributed by atoms with Crippen LogP contribution in [0.4, 0.5) is 14.9 Å². The number of aliphatic carboxylic acids is 1. The fourth-order valence-electron chi connectivity index (χ4n) is 2.22. The van der Waals surface area contributed by atoms with Crippen LogP contribution in [0.3, 0.4) is 0 Å². The van der Waals surface area contributed by atoms with E-state index in [0.29, 0.717) is 24.9 Å². The Morgan fingerprint density at radius 1 is 1.21 bits per heavy atom. The Morgan fingerprint density at radius 2 is 1.89 bits per heavy atom. The van der Waals surface area contributed by atoms with Gasteiger partial charge in [0.25, 0.3) is 0 Å². The molecule has 0 bridgehead atoms. The van der Waals surface area contributed by atoms with E-state index in [1.54, 1.807) is 0 Å². The third kappa shape index (κ3) is 3.67. The van der Waals surface area contributed by atoms with Gasteiger partial charge in [0, 0.05) is 11.7 Å². The van der Waals surface area contributed by atoms with Crippen LogP contribution in [0, 0.1) is 11.7 Å². The van der Waals surface area contributed by atoms with Gasteiger partial charge in [0.05, 0.1) is 5.92 Å². The molecule has 5 nitrogen and oxygen atoms in total. The van der Waals surface area contributed by atoms with Crippen LogP contribution in [0.1, 0.15) is 19.3 Å². The molecule has 2 amide bonds. The second-order valence-corrected chi connectivity index (χ2v) is 4.65. The standard InChI is InChI=1S/C13H15FN2O3/c14-9-2-5-10(6-3-9)15-13(19)16-11-4-1-8(7-11)12(17)18/h2-3,5-6,8,11H,1,4,7H2,(H,17,18)(H2,15,16,19)/t8-,11+/m1/s1. The Kier molecular flexibility index (Phi) is 3.99. The number of carbonyl (C=O) groups excluding carboxylic acids is 1. The third-order valence-corrected chi connectivity index (χ3v) is 3.22. The van der Waals surface area contributed by atoms with Crippen LogP contribution in [-0.2, 0) is 4.79 Å². The van der Waals surface area contributed by atoms with Crippen molar-refractivity contribution in [3.05, 3.63) is 30.1 Å². The first-order valence-corrected chi connectivity index (χ1v) is 6.10. The topological polar surface area (TPSA) is 78.4 Å². The molecule has 1 aromatic rings. The van der Waals surface area contributed by atoms with Gasteiger partial charge in [-0.3, -0.25) is 4.79 Å². The summed E-state index contributed by atoms with van der Waals surface area (Å²) in [5, 5.41) is 14.2. The van der Waals surface area contributed by atoms with Gasteiger partial charge < -0.3 is 15.7 Å². The molecule has 1 aliphatic rings. The Bertz CT molecular complexity index is 475. The molecule has 2 rings (SSSR count). The number of carboxylic acid groups (broad SMARTS) is 1. The zero-order valence-corrected chi connectivity index (χ0v) is 10.2. The summed E-state index contributed by atoms with van der Waals surface area (Å²) in [5.41, 5.74) is 0.492. The summed E-state index contributed by atoms with van der Waals surface area (Å²) >= 11 is 0. The predicted octanol–water partition coefficient (Wildman–Crippen LogP) is 2.20. The first-order chi connectivity index (χ1) is 9.04. The number of hydrogen-bond acceptors (Lipinski definition) is 2. The highest BCUT2D eigenvalue weighted by Crippen LogP contribution is 2.25. The molecule has 19 heavy (non-hydrogen) atoms. The van der Waals surface area contributed by atoms with Crippen LogP contribution in [0.15, 0.2) is 24.3 Å². The van der Waals surface area contributed by atoms with Gasteiger partial charge in [-0.2, -0.15) is 0 Å². The van der Waals surface area contributed by atoms with E-state index in [-0.39, 0.29) is 17.8 Å². The Balaban J connectivity index is 1.82. The zero-order chi connectivity index (χ0) is 13.8. The van der Waals surface area contributed by atoms with Gasteiger partial charge >= 0.3 is 12.0 Å². The van der Waals surface area contributed by atoms with Gasteiger partial charge in [-0.05, 0) is 43.5 Å². The summed E-state index contributed by atoms with van der Waals surface area (Å²) in [6.45, 7) is 0. The molecule has 6 heteroatoms. The van der Waals surface area contributed by atoms with Crippen molar-refractivity contribution in [1.29, 1.82) is 0 Å². The molecule has 1 saturated carbocycles. The number of benzene rings is 1. The van der Waals surface area contributed by atoms with Gasteiger partial charge in [0.2, 0.25) is 0 Å². The molecular formula is C13H15FN2O3. The van der Waals surface area contributed by atoms with Crippen molar-refractivity contribution in [3.8, 4) is 0 Å². The van der Waals surface area contributed by atoms with E-state index in [1.807, 2.05) is 0 Å². The first-order valence-electron chi connectivity index (χ1n) is 6.10. The quantitative estimate of drug-likeness (QED) is 0.784. The number of halogens is 1. The summed E-state index contributed by atoms with van der Waals surface area (Å²) in [6, 6.07) is 4.91. The van der Waals surface area contributed by atoms with Gasteiger partial charge in [0.1, 0.15) is 5.82 Å². The van der Waals surface area contributed by atoms with Crippen molar-refractivity contribution in [2.24, 2.45) is 5.92 Å². The maximum absolute atomic E-state index is 12.7. The molecule has 0 saturated heterocycles. The number of amides is 2. The van der Waals surface area contributed by atoms with Crippen LogP contribution in [0.2, 0.25) is 0 Å². The number of carboxylic acids is 1. The lowest BCUT2D eigenvalue weighted by atomic mass is 10.1. The molecule has 102 valence electrons. The number of carbonyl (C=O) groups is 2. The van der Waals surface area contributed by atoms with E-state index in [1.165, 1.54) is 24.3 Å². The van der Waals surface area contributed by atoms with Crippen molar-refractivity contribution in [3.63, 3.8) is 0 Å². The van der Waals surface area contributed by atoms with Crippen molar-refractivity contribution in [2.45, 2.75) is 25.3 Å². The fourth-order valence-corrected chi connectivity index (χ4v) is 2.22. The van der Waals surface area contributed by atoms with E-state index in [4.69, 9.17) is 5.11 Å². The smallest absolute Gasteiger partial charge is 0.319 e. The van der Waals surface area contributed by atoms with Crippen LogP contribution >= 0.6 is 0 Å². The number of nitrogens with one attached hydrogen (secondary N) is 2. The molecule has 0 heterocycles. The molecule has 0 aromatic heterocycles. The minimum atomic E-state index is -0.816. The molecule has 3 N–H and O–H groups in total. The second-order valence-electron chi connectivity index (χ2n) is 4.65. The lowest BCUT2D eigenvalue weighted by Gasteiger charge is -2.13. The zero-order valence-electron chi connectivity index (χ0n) is 10.2. The highest BCUT2D eigenvalue weighted by molar-refractivity contribution is 5.89. The highest BCUT2D eigenvalue weighted by Gasteiger charge is 2.30. The lowest BCUT2D eigenvalue weighted by Crippen LogP contribution is -2.36. The number of urea groups is 1. The summed E-state index contributed by atoms with van der Waals surface area (Å²) in [7, 11) is 0.